The number of halogens is 1. The maximum Gasteiger partial charge on any atom is 0.287 e. The molecule has 0 fully saturated rings. The van der Waals surface area contributed by atoms with Crippen molar-refractivity contribution in [1.82, 2.24) is 15.2 Å². The first-order valence-corrected chi connectivity index (χ1v) is 7.11. The number of hydrogen-bond donors (Lipinski definition) is 2. The van der Waals surface area contributed by atoms with Gasteiger partial charge in [-0.25, -0.2) is 10.5 Å². The van der Waals surface area contributed by atoms with Crippen LogP contribution in [0.5, 0.6) is 11.5 Å². The van der Waals surface area contributed by atoms with Gasteiger partial charge in [0, 0.05) is 6.20 Å². The molecule has 0 saturated carbocycles. The minimum atomic E-state index is -0.554. The number of carbonyl (C=O) groups excluding carboxylic acids is 1. The van der Waals surface area contributed by atoms with Gasteiger partial charge < -0.3 is 9.47 Å². The van der Waals surface area contributed by atoms with Gasteiger partial charge in [0.25, 0.3) is 5.91 Å². The first-order valence-electron chi connectivity index (χ1n) is 6.73. The number of ether oxygens (including phenoxy) is 2. The summed E-state index contributed by atoms with van der Waals surface area (Å²) in [5, 5.41) is 4.20. The minimum absolute atomic E-state index is 0.0519. The molecule has 1 heterocycles. The van der Waals surface area contributed by atoms with Crippen LogP contribution in [0.4, 0.5) is 0 Å². The molecule has 1 aromatic heterocycles. The summed E-state index contributed by atoms with van der Waals surface area (Å²) in [6, 6.07) is 7.25. The molecule has 0 radical (unpaired) electrons. The second kappa shape index (κ2) is 7.67. The number of hydrogen-bond acceptors (Lipinski definition) is 5. The predicted molar refractivity (Wildman–Crippen MR) is 81.7 cm³/mol. The van der Waals surface area contributed by atoms with Crippen LogP contribution >= 0.6 is 11.6 Å². The van der Waals surface area contributed by atoms with Crippen LogP contribution in [0.25, 0.3) is 0 Å². The Balaban J connectivity index is 1.94. The highest BCUT2D eigenvalue weighted by Crippen LogP contribution is 2.19. The number of nitrogen functional groups attached to an aromatic ring is 1. The smallest absolute Gasteiger partial charge is 0.287 e. The molecule has 0 atom stereocenters. The molecule has 22 heavy (non-hydrogen) atoms. The van der Waals surface area contributed by atoms with Crippen molar-refractivity contribution < 1.29 is 14.3 Å². The fraction of sp³-hybridized carbons (Fsp3) is 0.286. The van der Waals surface area contributed by atoms with Crippen molar-refractivity contribution in [2.45, 2.75) is 20.1 Å². The number of hydrazine groups is 1. The lowest BCUT2D eigenvalue weighted by Crippen LogP contribution is -2.30. The summed E-state index contributed by atoms with van der Waals surface area (Å²) < 4.78 is 12.5. The zero-order chi connectivity index (χ0) is 15.9. The standard InChI is InChI=1S/C14H17ClN4O3/c1-2-7-21-10-3-5-11(6-4-10)22-9-19-8-12(15)13(18-19)14(20)17-16/h3-6,8H,2,7,9,16H2,1H3,(H,17,20). The lowest BCUT2D eigenvalue weighted by Gasteiger charge is -2.08. The Labute approximate surface area is 132 Å². The molecule has 3 N–H and O–H groups in total. The van der Waals surface area contributed by atoms with Gasteiger partial charge in [-0.3, -0.25) is 10.2 Å². The van der Waals surface area contributed by atoms with E-state index in [0.29, 0.717) is 12.4 Å². The maximum atomic E-state index is 11.4. The summed E-state index contributed by atoms with van der Waals surface area (Å²) in [5.41, 5.74) is 2.03. The van der Waals surface area contributed by atoms with E-state index in [1.165, 1.54) is 10.9 Å². The van der Waals surface area contributed by atoms with Crippen LogP contribution in [0.15, 0.2) is 30.5 Å². The van der Waals surface area contributed by atoms with Crippen LogP contribution in [0.1, 0.15) is 23.8 Å². The monoisotopic (exact) mass is 324 g/mol. The largest absolute Gasteiger partial charge is 0.494 e. The molecule has 0 bridgehead atoms. The van der Waals surface area contributed by atoms with Crippen LogP contribution in [0.3, 0.4) is 0 Å². The van der Waals surface area contributed by atoms with Crippen molar-refractivity contribution >= 4 is 17.5 Å². The van der Waals surface area contributed by atoms with Gasteiger partial charge in [0.2, 0.25) is 0 Å². The summed E-state index contributed by atoms with van der Waals surface area (Å²) in [6.07, 6.45) is 2.45. The van der Waals surface area contributed by atoms with Crippen LogP contribution < -0.4 is 20.7 Å². The minimum Gasteiger partial charge on any atom is -0.494 e. The van der Waals surface area contributed by atoms with Crippen molar-refractivity contribution in [2.24, 2.45) is 5.84 Å². The van der Waals surface area contributed by atoms with E-state index in [1.54, 1.807) is 12.1 Å². The average Bonchev–Trinajstić information content (AvgIpc) is 2.92. The highest BCUT2D eigenvalue weighted by Gasteiger charge is 2.14. The van der Waals surface area contributed by atoms with Crippen molar-refractivity contribution in [3.63, 3.8) is 0 Å². The third-order valence-electron chi connectivity index (χ3n) is 2.72. The number of nitrogens with two attached hydrogens (primary N) is 1. The van der Waals surface area contributed by atoms with Crippen LogP contribution in [0, 0.1) is 0 Å². The molecule has 0 aliphatic carbocycles. The fourth-order valence-electron chi connectivity index (χ4n) is 1.68. The molecule has 1 amide bonds. The molecular formula is C14H17ClN4O3. The quantitative estimate of drug-likeness (QED) is 0.461. The lowest BCUT2D eigenvalue weighted by molar-refractivity contribution is 0.0946. The summed E-state index contributed by atoms with van der Waals surface area (Å²) in [7, 11) is 0. The second-order valence-electron chi connectivity index (χ2n) is 4.43. The molecule has 2 aromatic rings. The van der Waals surface area contributed by atoms with E-state index in [1.807, 2.05) is 24.5 Å². The van der Waals surface area contributed by atoms with Gasteiger partial charge in [-0.15, -0.1) is 0 Å². The van der Waals surface area contributed by atoms with Gasteiger partial charge in [0.15, 0.2) is 12.4 Å². The Morgan fingerprint density at radius 1 is 1.32 bits per heavy atom. The summed E-state index contributed by atoms with van der Waals surface area (Å²) in [4.78, 5) is 11.4. The molecule has 0 unspecified atom stereocenters. The predicted octanol–water partition coefficient (Wildman–Crippen LogP) is 1.97. The molecule has 0 aliphatic heterocycles. The number of amides is 1. The second-order valence-corrected chi connectivity index (χ2v) is 4.84. The summed E-state index contributed by atoms with van der Waals surface area (Å²) in [6.45, 7) is 2.84. The first kappa shape index (κ1) is 16.1. The number of carbonyl (C=O) groups is 1. The van der Waals surface area contributed by atoms with E-state index in [4.69, 9.17) is 26.9 Å². The molecule has 8 heteroatoms. The number of aromatic nitrogens is 2. The van der Waals surface area contributed by atoms with E-state index in [9.17, 15) is 4.79 Å². The topological polar surface area (TPSA) is 91.4 Å². The molecule has 0 saturated heterocycles. The van der Waals surface area contributed by atoms with Crippen LogP contribution in [-0.2, 0) is 6.73 Å². The van der Waals surface area contributed by atoms with Gasteiger partial charge in [-0.2, -0.15) is 5.10 Å². The van der Waals surface area contributed by atoms with Crippen LogP contribution in [-0.4, -0.2) is 22.3 Å². The molecule has 7 nitrogen and oxygen atoms in total. The van der Waals surface area contributed by atoms with Gasteiger partial charge >= 0.3 is 0 Å². The molecule has 118 valence electrons. The number of nitrogens with one attached hydrogen (secondary N) is 1. The van der Waals surface area contributed by atoms with Crippen molar-refractivity contribution in [2.75, 3.05) is 6.61 Å². The molecule has 1 aromatic carbocycles. The molecule has 2 rings (SSSR count). The van der Waals surface area contributed by atoms with Crippen LogP contribution in [0.2, 0.25) is 5.02 Å². The Hall–Kier alpha value is -2.25. The van der Waals surface area contributed by atoms with Crippen molar-refractivity contribution in [3.8, 4) is 11.5 Å². The van der Waals surface area contributed by atoms with E-state index in [-0.39, 0.29) is 17.4 Å². The van der Waals surface area contributed by atoms with Gasteiger partial charge in [-0.05, 0) is 30.7 Å². The summed E-state index contributed by atoms with van der Waals surface area (Å²) >= 11 is 5.90. The Morgan fingerprint density at radius 3 is 2.55 bits per heavy atom. The molecule has 0 aliphatic rings. The molecule has 0 spiro atoms. The highest BCUT2D eigenvalue weighted by atomic mass is 35.5. The Bertz CT molecular complexity index is 628. The average molecular weight is 325 g/mol. The van der Waals surface area contributed by atoms with E-state index >= 15 is 0 Å². The SMILES string of the molecule is CCCOc1ccc(OCn2cc(Cl)c(C(=O)NN)n2)cc1. The third kappa shape index (κ3) is 4.12. The van der Waals surface area contributed by atoms with E-state index in [0.717, 1.165) is 12.2 Å². The van der Waals surface area contributed by atoms with Gasteiger partial charge in [0.05, 0.1) is 11.6 Å². The van der Waals surface area contributed by atoms with Gasteiger partial charge in [-0.1, -0.05) is 18.5 Å². The Kier molecular flexibility index (Phi) is 5.62. The van der Waals surface area contributed by atoms with E-state index in [2.05, 4.69) is 5.10 Å². The number of benzene rings is 1. The zero-order valence-corrected chi connectivity index (χ0v) is 12.8. The summed E-state index contributed by atoms with van der Waals surface area (Å²) in [5.74, 6) is 5.93. The number of rotatable bonds is 7. The maximum absolute atomic E-state index is 11.4. The number of nitrogens with zero attached hydrogens (tertiary/aromatic N) is 2. The highest BCUT2D eigenvalue weighted by molar-refractivity contribution is 6.33. The lowest BCUT2D eigenvalue weighted by atomic mass is 10.3. The third-order valence-corrected chi connectivity index (χ3v) is 3.00. The van der Waals surface area contributed by atoms with Crippen molar-refractivity contribution in [1.29, 1.82) is 0 Å². The fourth-order valence-corrected chi connectivity index (χ4v) is 1.91. The normalized spacial score (nSPS) is 10.3. The van der Waals surface area contributed by atoms with Gasteiger partial charge in [0.1, 0.15) is 11.5 Å². The van der Waals surface area contributed by atoms with Crippen molar-refractivity contribution in [3.05, 3.63) is 41.2 Å². The van der Waals surface area contributed by atoms with E-state index < -0.39 is 5.91 Å². The first-order chi connectivity index (χ1) is 10.6. The Morgan fingerprint density at radius 2 is 1.95 bits per heavy atom. The molecular weight excluding hydrogens is 308 g/mol. The zero-order valence-electron chi connectivity index (χ0n) is 12.1.